The number of hydrogen-bond acceptors (Lipinski definition) is 4. The zero-order valence-corrected chi connectivity index (χ0v) is 23.3. The van der Waals surface area contributed by atoms with Crippen molar-refractivity contribution in [1.82, 2.24) is 10.2 Å². The monoisotopic (exact) mass is 533 g/mol. The predicted molar refractivity (Wildman–Crippen MR) is 150 cm³/mol. The molecular formula is C31H39N3O5. The van der Waals surface area contributed by atoms with E-state index in [2.05, 4.69) is 5.32 Å². The van der Waals surface area contributed by atoms with Crippen LogP contribution in [0, 0.1) is 12.8 Å². The van der Waals surface area contributed by atoms with Crippen LogP contribution in [0.2, 0.25) is 0 Å². The van der Waals surface area contributed by atoms with Gasteiger partial charge in [0, 0.05) is 13.5 Å². The summed E-state index contributed by atoms with van der Waals surface area (Å²) >= 11 is 0. The van der Waals surface area contributed by atoms with Crippen molar-refractivity contribution in [3.8, 4) is 0 Å². The second kappa shape index (κ2) is 11.6. The minimum Gasteiger partial charge on any atom is -0.480 e. The SMILES string of the molecule is Cc1ccc(C2(C(=O)N[C@@H](Cc3ccc(N4C(=O)C(CC(C)C)N(C)C4=O)cc3)C(=O)O)CCCCC2)cc1. The maximum Gasteiger partial charge on any atom is 0.331 e. The number of carbonyl (C=O) groups excluding carboxylic acids is 3. The molecule has 1 saturated heterocycles. The smallest absolute Gasteiger partial charge is 0.331 e. The minimum absolute atomic E-state index is 0.0864. The van der Waals surface area contributed by atoms with Crippen molar-refractivity contribution in [2.24, 2.45) is 5.92 Å². The number of urea groups is 1. The van der Waals surface area contributed by atoms with Crippen molar-refractivity contribution in [3.63, 3.8) is 0 Å². The van der Waals surface area contributed by atoms with Crippen molar-refractivity contribution >= 4 is 29.5 Å². The number of carboxylic acids is 1. The highest BCUT2D eigenvalue weighted by atomic mass is 16.4. The van der Waals surface area contributed by atoms with Gasteiger partial charge in [0.05, 0.1) is 11.1 Å². The lowest BCUT2D eigenvalue weighted by Gasteiger charge is -2.37. The molecule has 2 atom stereocenters. The highest BCUT2D eigenvalue weighted by Crippen LogP contribution is 2.40. The summed E-state index contributed by atoms with van der Waals surface area (Å²) in [5, 5.41) is 12.8. The summed E-state index contributed by atoms with van der Waals surface area (Å²) in [5.41, 5.74) is 2.43. The number of nitrogens with one attached hydrogen (secondary N) is 1. The third-order valence-electron chi connectivity index (χ3n) is 8.14. The lowest BCUT2D eigenvalue weighted by Crippen LogP contribution is -2.52. The Balaban J connectivity index is 1.50. The quantitative estimate of drug-likeness (QED) is 0.450. The third-order valence-corrected chi connectivity index (χ3v) is 8.14. The summed E-state index contributed by atoms with van der Waals surface area (Å²) in [6.07, 6.45) is 4.94. The second-order valence-electron chi connectivity index (χ2n) is 11.5. The number of carbonyl (C=O) groups is 4. The molecular weight excluding hydrogens is 494 g/mol. The molecule has 0 spiro atoms. The van der Waals surface area contributed by atoms with Crippen molar-refractivity contribution < 1.29 is 24.3 Å². The topological polar surface area (TPSA) is 107 Å². The summed E-state index contributed by atoms with van der Waals surface area (Å²) < 4.78 is 0. The van der Waals surface area contributed by atoms with Crippen LogP contribution in [0.3, 0.4) is 0 Å². The summed E-state index contributed by atoms with van der Waals surface area (Å²) in [6.45, 7) is 6.02. The van der Waals surface area contributed by atoms with Gasteiger partial charge in [0.25, 0.3) is 5.91 Å². The van der Waals surface area contributed by atoms with Crippen LogP contribution >= 0.6 is 0 Å². The second-order valence-corrected chi connectivity index (χ2v) is 11.5. The molecule has 8 heteroatoms. The van der Waals surface area contributed by atoms with E-state index in [1.54, 1.807) is 31.3 Å². The maximum atomic E-state index is 13.7. The van der Waals surface area contributed by atoms with Crippen LogP contribution in [0.4, 0.5) is 10.5 Å². The number of benzene rings is 2. The fourth-order valence-corrected chi connectivity index (χ4v) is 5.83. The number of anilines is 1. The number of carboxylic acid groups (broad SMARTS) is 1. The average molecular weight is 534 g/mol. The van der Waals surface area contributed by atoms with Gasteiger partial charge in [0.2, 0.25) is 5.91 Å². The molecule has 1 heterocycles. The van der Waals surface area contributed by atoms with Crippen molar-refractivity contribution in [2.75, 3.05) is 11.9 Å². The van der Waals surface area contributed by atoms with Crippen LogP contribution in [-0.4, -0.2) is 53.0 Å². The molecule has 1 unspecified atom stereocenters. The first kappa shape index (κ1) is 28.3. The van der Waals surface area contributed by atoms with E-state index < -0.39 is 23.5 Å². The lowest BCUT2D eigenvalue weighted by atomic mass is 9.68. The Kier molecular flexibility index (Phi) is 8.42. The van der Waals surface area contributed by atoms with Gasteiger partial charge < -0.3 is 15.3 Å². The van der Waals surface area contributed by atoms with E-state index in [1.165, 1.54) is 9.80 Å². The Morgan fingerprint density at radius 3 is 2.18 bits per heavy atom. The molecule has 8 nitrogen and oxygen atoms in total. The van der Waals surface area contributed by atoms with Crippen LogP contribution in [0.25, 0.3) is 0 Å². The summed E-state index contributed by atoms with van der Waals surface area (Å²) in [7, 11) is 1.64. The number of amides is 4. The molecule has 1 aliphatic carbocycles. The molecule has 0 bridgehead atoms. The van der Waals surface area contributed by atoms with Gasteiger partial charge in [0.1, 0.15) is 12.1 Å². The Morgan fingerprint density at radius 2 is 1.62 bits per heavy atom. The number of imide groups is 1. The van der Waals surface area contributed by atoms with Crippen LogP contribution in [0.5, 0.6) is 0 Å². The first-order chi connectivity index (χ1) is 18.5. The van der Waals surface area contributed by atoms with Gasteiger partial charge in [-0.05, 0) is 55.4 Å². The summed E-state index contributed by atoms with van der Waals surface area (Å²) in [4.78, 5) is 54.3. The zero-order chi connectivity index (χ0) is 28.3. The Hall–Kier alpha value is -3.68. The highest BCUT2D eigenvalue weighted by Gasteiger charge is 2.44. The molecule has 0 aromatic heterocycles. The van der Waals surface area contributed by atoms with Crippen molar-refractivity contribution in [3.05, 3.63) is 65.2 Å². The van der Waals surface area contributed by atoms with Gasteiger partial charge >= 0.3 is 12.0 Å². The first-order valence-electron chi connectivity index (χ1n) is 13.8. The molecule has 0 radical (unpaired) electrons. The highest BCUT2D eigenvalue weighted by molar-refractivity contribution is 6.21. The van der Waals surface area contributed by atoms with Gasteiger partial charge in [-0.3, -0.25) is 9.59 Å². The van der Waals surface area contributed by atoms with Gasteiger partial charge in [-0.15, -0.1) is 0 Å². The molecule has 2 aromatic carbocycles. The van der Waals surface area contributed by atoms with Gasteiger partial charge in [-0.1, -0.05) is 75.1 Å². The molecule has 1 aliphatic heterocycles. The van der Waals surface area contributed by atoms with Crippen molar-refractivity contribution in [2.45, 2.75) is 83.2 Å². The fraction of sp³-hybridized carbons (Fsp3) is 0.484. The standard InChI is InChI=1S/C31H39N3O5/c1-20(2)18-26-27(35)34(30(39)33(26)4)24-14-10-22(11-15-24)19-25(28(36)37)32-29(38)31(16-6-5-7-17-31)23-12-8-21(3)9-13-23/h8-15,20,25-26H,5-7,16-19H2,1-4H3,(H,32,38)(H,36,37)/t25-,26?/m0/s1. The Morgan fingerprint density at radius 1 is 1.00 bits per heavy atom. The molecule has 39 heavy (non-hydrogen) atoms. The lowest BCUT2D eigenvalue weighted by molar-refractivity contribution is -0.143. The zero-order valence-electron chi connectivity index (χ0n) is 23.3. The van der Waals surface area contributed by atoms with Gasteiger partial charge in [-0.25, -0.2) is 14.5 Å². The van der Waals surface area contributed by atoms with E-state index in [-0.39, 0.29) is 30.2 Å². The number of likely N-dealkylation sites (N-methyl/N-ethyl adjacent to an activating group) is 1. The minimum atomic E-state index is -1.11. The van der Waals surface area contributed by atoms with E-state index in [1.807, 2.05) is 45.0 Å². The van der Waals surface area contributed by atoms with Crippen LogP contribution in [0.15, 0.2) is 48.5 Å². The van der Waals surface area contributed by atoms with Crippen molar-refractivity contribution in [1.29, 1.82) is 0 Å². The van der Waals surface area contributed by atoms with E-state index in [0.29, 0.717) is 30.5 Å². The van der Waals surface area contributed by atoms with E-state index in [0.717, 1.165) is 30.4 Å². The Labute approximate surface area is 230 Å². The largest absolute Gasteiger partial charge is 0.480 e. The molecule has 2 aromatic rings. The summed E-state index contributed by atoms with van der Waals surface area (Å²) in [6, 6.07) is 12.7. The van der Waals surface area contributed by atoms with Gasteiger partial charge in [0.15, 0.2) is 0 Å². The molecule has 2 N–H and O–H groups in total. The summed E-state index contributed by atoms with van der Waals surface area (Å²) in [5.74, 6) is -1.35. The molecule has 1 saturated carbocycles. The number of aryl methyl sites for hydroxylation is 1. The Bertz CT molecular complexity index is 1220. The van der Waals surface area contributed by atoms with Crippen LogP contribution in [-0.2, 0) is 26.2 Å². The van der Waals surface area contributed by atoms with E-state index in [4.69, 9.17) is 0 Å². The number of rotatable bonds is 9. The maximum absolute atomic E-state index is 13.7. The molecule has 4 amide bonds. The molecule has 208 valence electrons. The van der Waals surface area contributed by atoms with Gasteiger partial charge in [-0.2, -0.15) is 0 Å². The fourth-order valence-electron chi connectivity index (χ4n) is 5.83. The van der Waals surface area contributed by atoms with E-state index in [9.17, 15) is 24.3 Å². The molecule has 2 fully saturated rings. The average Bonchev–Trinajstić information content (AvgIpc) is 3.12. The molecule has 2 aliphatic rings. The first-order valence-corrected chi connectivity index (χ1v) is 13.8. The number of aliphatic carboxylic acids is 1. The molecule has 4 rings (SSSR count). The van der Waals surface area contributed by atoms with Crippen LogP contribution in [0.1, 0.15) is 69.1 Å². The number of hydrogen-bond donors (Lipinski definition) is 2. The van der Waals surface area contributed by atoms with E-state index >= 15 is 0 Å². The van der Waals surface area contributed by atoms with Crippen LogP contribution < -0.4 is 10.2 Å². The number of nitrogens with zero attached hydrogens (tertiary/aromatic N) is 2. The third kappa shape index (κ3) is 5.84. The normalized spacial score (nSPS) is 19.9. The predicted octanol–water partition coefficient (Wildman–Crippen LogP) is 4.82.